The number of methoxy groups -OCH3 is 3. The van der Waals surface area contributed by atoms with Gasteiger partial charge < -0.3 is 24.2 Å². The predicted octanol–water partition coefficient (Wildman–Crippen LogP) is 5.25. The molecule has 0 unspecified atom stereocenters. The van der Waals surface area contributed by atoms with Crippen molar-refractivity contribution in [1.29, 1.82) is 5.41 Å². The molecule has 9 heteroatoms. The smallest absolute Gasteiger partial charge is 0.203 e. The van der Waals surface area contributed by atoms with Crippen molar-refractivity contribution >= 4 is 34.3 Å². The molecule has 1 aliphatic heterocycles. The van der Waals surface area contributed by atoms with E-state index in [9.17, 15) is 5.11 Å². The van der Waals surface area contributed by atoms with Crippen LogP contribution < -0.4 is 14.2 Å². The van der Waals surface area contributed by atoms with Gasteiger partial charge >= 0.3 is 0 Å². The van der Waals surface area contributed by atoms with Gasteiger partial charge in [-0.1, -0.05) is 23.7 Å². The molecule has 0 saturated carbocycles. The lowest BCUT2D eigenvalue weighted by Gasteiger charge is -2.20. The molecule has 0 atom stereocenters. The van der Waals surface area contributed by atoms with Gasteiger partial charge in [-0.25, -0.2) is 4.98 Å². The standard InChI is InChI=1S/C23H22ClN3O4S/c1-29-18-8-13(9-19(30-2)21(18)31-3)10-27-11-17(28)20(22(27)25)23-26-16(12-32-23)14-4-6-15(24)7-5-14/h4-9,12,25,28H,10-11H2,1-3H3. The molecule has 32 heavy (non-hydrogen) atoms. The molecular formula is C23H22ClN3O4S. The maximum absolute atomic E-state index is 10.6. The fraction of sp³-hybridized carbons (Fsp3) is 0.217. The van der Waals surface area contributed by atoms with E-state index in [0.717, 1.165) is 16.8 Å². The Morgan fingerprint density at radius 3 is 2.34 bits per heavy atom. The Hall–Kier alpha value is -3.23. The first-order valence-corrected chi connectivity index (χ1v) is 11.0. The zero-order valence-corrected chi connectivity index (χ0v) is 19.4. The number of nitrogens with one attached hydrogen (secondary N) is 1. The summed E-state index contributed by atoms with van der Waals surface area (Å²) < 4.78 is 16.2. The first kappa shape index (κ1) is 22.0. The second-order valence-corrected chi connectivity index (χ2v) is 8.40. The largest absolute Gasteiger partial charge is 0.510 e. The summed E-state index contributed by atoms with van der Waals surface area (Å²) >= 11 is 7.36. The van der Waals surface area contributed by atoms with Crippen molar-refractivity contribution < 1.29 is 19.3 Å². The van der Waals surface area contributed by atoms with Crippen molar-refractivity contribution in [2.24, 2.45) is 0 Å². The molecule has 4 rings (SSSR count). The summed E-state index contributed by atoms with van der Waals surface area (Å²) in [6, 6.07) is 11.1. The van der Waals surface area contributed by atoms with Crippen molar-refractivity contribution in [3.8, 4) is 28.5 Å². The number of hydrogen-bond donors (Lipinski definition) is 2. The molecule has 3 aromatic rings. The average Bonchev–Trinajstić information content (AvgIpc) is 3.37. The molecule has 2 N–H and O–H groups in total. The van der Waals surface area contributed by atoms with Gasteiger partial charge in [0.1, 0.15) is 16.6 Å². The lowest BCUT2D eigenvalue weighted by Crippen LogP contribution is -2.26. The lowest BCUT2D eigenvalue weighted by atomic mass is 10.1. The highest BCUT2D eigenvalue weighted by Crippen LogP contribution is 2.39. The molecule has 166 valence electrons. The molecule has 0 fully saturated rings. The molecular weight excluding hydrogens is 450 g/mol. The van der Waals surface area contributed by atoms with E-state index in [0.29, 0.717) is 39.4 Å². The Bertz CT molecular complexity index is 1170. The van der Waals surface area contributed by atoms with Gasteiger partial charge in [0, 0.05) is 22.5 Å². The monoisotopic (exact) mass is 471 g/mol. The normalized spacial score (nSPS) is 13.6. The number of benzene rings is 2. The summed E-state index contributed by atoms with van der Waals surface area (Å²) in [7, 11) is 4.67. The molecule has 0 radical (unpaired) electrons. The summed E-state index contributed by atoms with van der Waals surface area (Å²) in [5.41, 5.74) is 3.01. The van der Waals surface area contributed by atoms with Crippen LogP contribution in [-0.2, 0) is 6.54 Å². The number of aliphatic hydroxyl groups excluding tert-OH is 1. The fourth-order valence-corrected chi connectivity index (χ4v) is 4.60. The zero-order valence-electron chi connectivity index (χ0n) is 17.8. The molecule has 0 aliphatic carbocycles. The number of aliphatic hydroxyl groups is 1. The maximum Gasteiger partial charge on any atom is 0.203 e. The van der Waals surface area contributed by atoms with Gasteiger partial charge in [-0.05, 0) is 29.8 Å². The van der Waals surface area contributed by atoms with Crippen LogP contribution in [0.25, 0.3) is 16.8 Å². The topological polar surface area (TPSA) is 87.9 Å². The number of halogens is 1. The Morgan fingerprint density at radius 2 is 1.75 bits per heavy atom. The van der Waals surface area contributed by atoms with Gasteiger partial charge in [-0.3, -0.25) is 5.41 Å². The highest BCUT2D eigenvalue weighted by molar-refractivity contribution is 7.11. The van der Waals surface area contributed by atoms with Crippen molar-refractivity contribution in [1.82, 2.24) is 9.88 Å². The zero-order chi connectivity index (χ0) is 22.8. The number of aromatic nitrogens is 1. The summed E-state index contributed by atoms with van der Waals surface area (Å²) in [6.07, 6.45) is 0. The number of ether oxygens (including phenoxy) is 3. The van der Waals surface area contributed by atoms with Crippen LogP contribution in [0.5, 0.6) is 17.2 Å². The number of nitrogens with zero attached hydrogens (tertiary/aromatic N) is 2. The summed E-state index contributed by atoms with van der Waals surface area (Å²) in [5, 5.41) is 22.5. The van der Waals surface area contributed by atoms with E-state index in [1.807, 2.05) is 41.8 Å². The molecule has 7 nitrogen and oxygen atoms in total. The summed E-state index contributed by atoms with van der Waals surface area (Å²) in [5.74, 6) is 1.93. The minimum absolute atomic E-state index is 0.124. The van der Waals surface area contributed by atoms with Crippen LogP contribution >= 0.6 is 22.9 Å². The Morgan fingerprint density at radius 1 is 1.09 bits per heavy atom. The van der Waals surface area contributed by atoms with Crippen LogP contribution in [0.15, 0.2) is 47.5 Å². The molecule has 2 aromatic carbocycles. The van der Waals surface area contributed by atoms with Gasteiger partial charge in [0.05, 0.1) is 39.1 Å². The predicted molar refractivity (Wildman–Crippen MR) is 126 cm³/mol. The SMILES string of the molecule is COc1cc(CN2CC(O)=C(c3nc(-c4ccc(Cl)cc4)cs3)C2=N)cc(OC)c1OC. The second kappa shape index (κ2) is 9.10. The van der Waals surface area contributed by atoms with Crippen LogP contribution in [-0.4, -0.2) is 48.7 Å². The van der Waals surface area contributed by atoms with Gasteiger partial charge in [-0.15, -0.1) is 11.3 Å². The molecule has 1 aliphatic rings. The van der Waals surface area contributed by atoms with Crippen molar-refractivity contribution in [2.75, 3.05) is 27.9 Å². The molecule has 1 aromatic heterocycles. The minimum Gasteiger partial charge on any atom is -0.510 e. The second-order valence-electron chi connectivity index (χ2n) is 7.10. The number of amidine groups is 1. The molecule has 0 saturated heterocycles. The summed E-state index contributed by atoms with van der Waals surface area (Å²) in [6.45, 7) is 0.610. The van der Waals surface area contributed by atoms with Crippen LogP contribution in [0.3, 0.4) is 0 Å². The van der Waals surface area contributed by atoms with Crippen LogP contribution in [0, 0.1) is 5.41 Å². The van der Waals surface area contributed by atoms with Crippen LogP contribution in [0.1, 0.15) is 10.6 Å². The summed E-state index contributed by atoms with van der Waals surface area (Å²) in [4.78, 5) is 6.42. The van der Waals surface area contributed by atoms with Crippen molar-refractivity contribution in [3.63, 3.8) is 0 Å². The highest BCUT2D eigenvalue weighted by Gasteiger charge is 2.30. The molecule has 0 spiro atoms. The van der Waals surface area contributed by atoms with E-state index in [4.69, 9.17) is 31.2 Å². The maximum atomic E-state index is 10.6. The van der Waals surface area contributed by atoms with Crippen molar-refractivity contribution in [2.45, 2.75) is 6.54 Å². The third-order valence-electron chi connectivity index (χ3n) is 5.14. The highest BCUT2D eigenvalue weighted by atomic mass is 35.5. The quantitative estimate of drug-likeness (QED) is 0.489. The minimum atomic E-state index is 0.124. The van der Waals surface area contributed by atoms with Crippen LogP contribution in [0.4, 0.5) is 0 Å². The number of thiazole rings is 1. The van der Waals surface area contributed by atoms with E-state index in [-0.39, 0.29) is 18.1 Å². The molecule has 0 amide bonds. The van der Waals surface area contributed by atoms with Gasteiger partial charge in [-0.2, -0.15) is 0 Å². The van der Waals surface area contributed by atoms with Gasteiger partial charge in [0.15, 0.2) is 11.5 Å². The molecule has 0 bridgehead atoms. The van der Waals surface area contributed by atoms with Gasteiger partial charge in [0.25, 0.3) is 0 Å². The Kier molecular flexibility index (Phi) is 6.25. The molecule has 2 heterocycles. The van der Waals surface area contributed by atoms with E-state index in [2.05, 4.69) is 4.98 Å². The van der Waals surface area contributed by atoms with E-state index in [1.54, 1.807) is 26.2 Å². The van der Waals surface area contributed by atoms with Crippen LogP contribution in [0.2, 0.25) is 5.02 Å². The average molecular weight is 472 g/mol. The van der Waals surface area contributed by atoms with Gasteiger partial charge in [0.2, 0.25) is 5.75 Å². The number of rotatable bonds is 7. The Labute approximate surface area is 195 Å². The lowest BCUT2D eigenvalue weighted by molar-refractivity contribution is 0.321. The van der Waals surface area contributed by atoms with E-state index in [1.165, 1.54) is 11.3 Å². The Balaban J connectivity index is 1.56. The third kappa shape index (κ3) is 4.11. The number of hydrogen-bond acceptors (Lipinski definition) is 7. The first-order chi connectivity index (χ1) is 15.4. The van der Waals surface area contributed by atoms with Crippen molar-refractivity contribution in [3.05, 3.63) is 63.1 Å². The van der Waals surface area contributed by atoms with E-state index >= 15 is 0 Å². The first-order valence-electron chi connectivity index (χ1n) is 9.71. The third-order valence-corrected chi connectivity index (χ3v) is 6.25. The fourth-order valence-electron chi connectivity index (χ4n) is 3.58. The van der Waals surface area contributed by atoms with E-state index < -0.39 is 0 Å².